The van der Waals surface area contributed by atoms with Gasteiger partial charge in [-0.25, -0.2) is 0 Å². The molecule has 9 heteroatoms. The molecule has 0 aromatic heterocycles. The lowest BCUT2D eigenvalue weighted by atomic mass is 10.4. The Morgan fingerprint density at radius 2 is 1.22 bits per heavy atom. The average molecular weight is 489 g/mol. The van der Waals surface area contributed by atoms with Crippen molar-refractivity contribution in [1.29, 1.82) is 0 Å². The highest BCUT2D eigenvalue weighted by Gasteiger charge is 2.40. The summed E-state index contributed by atoms with van der Waals surface area (Å²) in [6, 6.07) is 12.1. The van der Waals surface area contributed by atoms with E-state index in [2.05, 4.69) is 17.4 Å². The third-order valence-corrected chi connectivity index (χ3v) is 11.6. The van der Waals surface area contributed by atoms with Gasteiger partial charge >= 0.3 is 17.4 Å². The Hall–Kier alpha value is -0.626. The third kappa shape index (κ3) is 12.0. The van der Waals surface area contributed by atoms with Crippen molar-refractivity contribution in [3.63, 3.8) is 0 Å². The molecular formula is C23H48N2O5Si2. The Balaban J connectivity index is 0.000000607. The Bertz CT molecular complexity index is 517. The molecule has 0 atom stereocenters. The van der Waals surface area contributed by atoms with E-state index in [0.717, 1.165) is 31.5 Å². The SMILES string of the molecule is CCO[Si](CCCN)(OCC)c1ccccc1.CCO[Si](CCCNC)(OCC)OCC. The van der Waals surface area contributed by atoms with Crippen LogP contribution in [0.15, 0.2) is 30.3 Å². The summed E-state index contributed by atoms with van der Waals surface area (Å²) in [5.41, 5.74) is 5.62. The molecule has 3 N–H and O–H groups in total. The molecule has 188 valence electrons. The number of benzene rings is 1. The molecule has 0 saturated heterocycles. The molecule has 0 fully saturated rings. The smallest absolute Gasteiger partial charge is 0.391 e. The molecule has 1 aromatic carbocycles. The predicted octanol–water partition coefficient (Wildman–Crippen LogP) is 3.40. The number of nitrogens with two attached hydrogens (primary N) is 1. The maximum atomic E-state index is 6.02. The van der Waals surface area contributed by atoms with Gasteiger partial charge in [-0.15, -0.1) is 0 Å². The first kappa shape index (κ1) is 31.4. The van der Waals surface area contributed by atoms with E-state index in [-0.39, 0.29) is 0 Å². The monoisotopic (exact) mass is 488 g/mol. The highest BCUT2D eigenvalue weighted by atomic mass is 28.4. The summed E-state index contributed by atoms with van der Waals surface area (Å²) < 4.78 is 29.2. The van der Waals surface area contributed by atoms with Crippen LogP contribution < -0.4 is 16.2 Å². The summed E-state index contributed by atoms with van der Waals surface area (Å²) >= 11 is 0. The minimum atomic E-state index is -2.37. The van der Waals surface area contributed by atoms with Crippen LogP contribution >= 0.6 is 0 Å². The number of hydrogen-bond donors (Lipinski definition) is 2. The first-order valence-electron chi connectivity index (χ1n) is 12.1. The minimum absolute atomic E-state index is 0.659. The molecule has 0 bridgehead atoms. The topological polar surface area (TPSA) is 84.2 Å². The Morgan fingerprint density at radius 1 is 0.719 bits per heavy atom. The van der Waals surface area contributed by atoms with Gasteiger partial charge in [0.05, 0.1) is 0 Å². The molecule has 32 heavy (non-hydrogen) atoms. The van der Waals surface area contributed by atoms with Crippen LogP contribution in [0, 0.1) is 0 Å². The van der Waals surface area contributed by atoms with Crippen LogP contribution in [-0.4, -0.2) is 70.5 Å². The van der Waals surface area contributed by atoms with E-state index in [9.17, 15) is 0 Å². The van der Waals surface area contributed by atoms with Crippen molar-refractivity contribution in [2.24, 2.45) is 5.73 Å². The van der Waals surface area contributed by atoms with E-state index < -0.39 is 17.4 Å². The van der Waals surface area contributed by atoms with E-state index in [4.69, 9.17) is 27.9 Å². The van der Waals surface area contributed by atoms with E-state index in [1.54, 1.807) is 0 Å². The summed E-state index contributed by atoms with van der Waals surface area (Å²) in [6.45, 7) is 15.0. The van der Waals surface area contributed by atoms with Gasteiger partial charge in [-0.1, -0.05) is 30.3 Å². The molecule has 0 spiro atoms. The second kappa shape index (κ2) is 19.8. The second-order valence-corrected chi connectivity index (χ2v) is 13.0. The van der Waals surface area contributed by atoms with Crippen molar-refractivity contribution in [2.45, 2.75) is 59.5 Å². The molecule has 0 amide bonds. The first-order valence-corrected chi connectivity index (χ1v) is 16.1. The van der Waals surface area contributed by atoms with E-state index >= 15 is 0 Å². The standard InChI is InChI=1S/C13H23NO2Si.C10H25NO3Si/c1-3-15-17(16-4-2,12-8-11-14)13-9-6-5-7-10-13;1-5-12-15(13-6-2,14-7-3)10-8-9-11-4/h5-7,9-10H,3-4,8,11-12,14H2,1-2H3;11H,5-10H2,1-4H3. The molecule has 1 rings (SSSR count). The zero-order valence-electron chi connectivity index (χ0n) is 21.3. The van der Waals surface area contributed by atoms with Crippen LogP contribution in [0.1, 0.15) is 47.5 Å². The highest BCUT2D eigenvalue weighted by molar-refractivity contribution is 6.81. The van der Waals surface area contributed by atoms with Crippen molar-refractivity contribution >= 4 is 22.6 Å². The van der Waals surface area contributed by atoms with E-state index in [1.807, 2.05) is 59.9 Å². The van der Waals surface area contributed by atoms with Gasteiger partial charge in [-0.3, -0.25) is 0 Å². The van der Waals surface area contributed by atoms with Crippen molar-refractivity contribution in [1.82, 2.24) is 5.32 Å². The normalized spacial score (nSPS) is 11.8. The third-order valence-electron chi connectivity index (χ3n) is 4.68. The maximum absolute atomic E-state index is 6.02. The summed E-state index contributed by atoms with van der Waals surface area (Å²) in [6.07, 6.45) is 1.98. The zero-order valence-corrected chi connectivity index (χ0v) is 23.3. The molecule has 0 aliphatic carbocycles. The first-order chi connectivity index (χ1) is 15.5. The minimum Gasteiger partial charge on any atom is -0.391 e. The number of rotatable bonds is 18. The molecular weight excluding hydrogens is 440 g/mol. The molecule has 0 radical (unpaired) electrons. The van der Waals surface area contributed by atoms with Gasteiger partial charge in [0.1, 0.15) is 0 Å². The predicted molar refractivity (Wildman–Crippen MR) is 138 cm³/mol. The fraction of sp³-hybridized carbons (Fsp3) is 0.739. The van der Waals surface area contributed by atoms with Crippen LogP contribution in [-0.2, 0) is 22.1 Å². The van der Waals surface area contributed by atoms with Crippen molar-refractivity contribution in [2.75, 3.05) is 53.2 Å². The van der Waals surface area contributed by atoms with Crippen LogP contribution in [0.5, 0.6) is 0 Å². The molecule has 1 aromatic rings. The van der Waals surface area contributed by atoms with Gasteiger partial charge in [0.25, 0.3) is 0 Å². The fourth-order valence-corrected chi connectivity index (χ4v) is 9.38. The summed E-state index contributed by atoms with van der Waals surface area (Å²) in [4.78, 5) is 0. The Kier molecular flexibility index (Phi) is 19.4. The van der Waals surface area contributed by atoms with Gasteiger partial charge in [-0.2, -0.15) is 0 Å². The highest BCUT2D eigenvalue weighted by Crippen LogP contribution is 2.18. The molecule has 0 aliphatic rings. The quantitative estimate of drug-likeness (QED) is 0.242. The van der Waals surface area contributed by atoms with Gasteiger partial charge < -0.3 is 33.2 Å². The Labute approximate surface area is 198 Å². The molecule has 0 saturated carbocycles. The number of hydrogen-bond acceptors (Lipinski definition) is 7. The van der Waals surface area contributed by atoms with Crippen LogP contribution in [0.4, 0.5) is 0 Å². The molecule has 7 nitrogen and oxygen atoms in total. The summed E-state index contributed by atoms with van der Waals surface area (Å²) in [5.74, 6) is 0. The fourth-order valence-electron chi connectivity index (χ4n) is 3.47. The largest absolute Gasteiger partial charge is 0.500 e. The Morgan fingerprint density at radius 3 is 1.62 bits per heavy atom. The van der Waals surface area contributed by atoms with E-state index in [0.29, 0.717) is 39.6 Å². The van der Waals surface area contributed by atoms with E-state index in [1.165, 1.54) is 5.19 Å². The van der Waals surface area contributed by atoms with Gasteiger partial charge in [0, 0.05) is 39.1 Å². The second-order valence-electron chi connectivity index (χ2n) is 7.07. The zero-order chi connectivity index (χ0) is 24.1. The lowest BCUT2D eigenvalue weighted by Gasteiger charge is -2.30. The average Bonchev–Trinajstić information content (AvgIpc) is 2.79. The molecule has 0 heterocycles. The van der Waals surface area contributed by atoms with Gasteiger partial charge in [-0.05, 0) is 78.8 Å². The lowest BCUT2D eigenvalue weighted by molar-refractivity contribution is 0.0708. The van der Waals surface area contributed by atoms with Crippen molar-refractivity contribution < 1.29 is 22.1 Å². The summed E-state index contributed by atoms with van der Waals surface area (Å²) in [7, 11) is -2.70. The molecule has 0 aliphatic heterocycles. The van der Waals surface area contributed by atoms with Gasteiger partial charge in [0.2, 0.25) is 0 Å². The van der Waals surface area contributed by atoms with Gasteiger partial charge in [0.15, 0.2) is 0 Å². The van der Waals surface area contributed by atoms with Crippen LogP contribution in [0.3, 0.4) is 0 Å². The summed E-state index contributed by atoms with van der Waals surface area (Å²) in [5, 5.41) is 4.33. The van der Waals surface area contributed by atoms with Crippen molar-refractivity contribution in [3.05, 3.63) is 30.3 Å². The van der Waals surface area contributed by atoms with Crippen LogP contribution in [0.25, 0.3) is 0 Å². The van der Waals surface area contributed by atoms with Crippen molar-refractivity contribution in [3.8, 4) is 0 Å². The molecule has 0 unspecified atom stereocenters. The number of nitrogens with one attached hydrogen (secondary N) is 1. The van der Waals surface area contributed by atoms with Crippen LogP contribution in [0.2, 0.25) is 12.1 Å². The maximum Gasteiger partial charge on any atom is 0.500 e. The lowest BCUT2D eigenvalue weighted by Crippen LogP contribution is -2.54.